The molecule has 0 aromatic heterocycles. The second-order valence-corrected chi connectivity index (χ2v) is 13.2. The molecule has 41 heavy (non-hydrogen) atoms. The van der Waals surface area contributed by atoms with Crippen LogP contribution in [0.5, 0.6) is 0 Å². The average molecular weight is 558 g/mol. The van der Waals surface area contributed by atoms with Gasteiger partial charge in [0.1, 0.15) is 5.60 Å². The highest BCUT2D eigenvalue weighted by Gasteiger charge is 2.50. The molecule has 2 N–H and O–H groups in total. The average Bonchev–Trinajstić information content (AvgIpc) is 3.76. The fraction of sp³-hybridized carbons (Fsp3) is 0.600. The van der Waals surface area contributed by atoms with Gasteiger partial charge in [-0.1, -0.05) is 75.3 Å². The smallest absolute Gasteiger partial charge is 0.254 e. The van der Waals surface area contributed by atoms with Crippen LogP contribution >= 0.6 is 0 Å². The van der Waals surface area contributed by atoms with E-state index in [0.29, 0.717) is 56.7 Å². The summed E-state index contributed by atoms with van der Waals surface area (Å²) in [6.07, 6.45) is 13.0. The van der Waals surface area contributed by atoms with Crippen molar-refractivity contribution in [2.24, 2.45) is 0 Å². The summed E-state index contributed by atoms with van der Waals surface area (Å²) in [6.45, 7) is 6.66. The molecule has 1 spiro atoms. The molecule has 1 saturated heterocycles. The third kappa shape index (κ3) is 5.58. The van der Waals surface area contributed by atoms with Gasteiger partial charge in [-0.15, -0.1) is 0 Å². The highest BCUT2D eigenvalue weighted by Crippen LogP contribution is 2.47. The number of rotatable bonds is 3. The zero-order valence-corrected chi connectivity index (χ0v) is 25.0. The molecule has 2 unspecified atom stereocenters. The van der Waals surface area contributed by atoms with Crippen molar-refractivity contribution < 1.29 is 14.7 Å². The molecule has 6 rings (SSSR count). The van der Waals surface area contributed by atoms with E-state index >= 15 is 0 Å². The Kier molecular flexibility index (Phi) is 7.99. The molecule has 0 bridgehead atoms. The van der Waals surface area contributed by atoms with Crippen LogP contribution in [0.4, 0.5) is 0 Å². The number of fused-ring (bicyclic) bond motifs is 2. The lowest BCUT2D eigenvalue weighted by atomic mass is 9.63. The molecule has 6 heteroatoms. The fourth-order valence-electron chi connectivity index (χ4n) is 7.72. The highest BCUT2D eigenvalue weighted by atomic mass is 16.3. The van der Waals surface area contributed by atoms with E-state index in [0.717, 1.165) is 5.56 Å². The molecule has 3 fully saturated rings. The van der Waals surface area contributed by atoms with Crippen molar-refractivity contribution in [3.05, 3.63) is 59.2 Å². The lowest BCUT2D eigenvalue weighted by Crippen LogP contribution is -2.53. The van der Waals surface area contributed by atoms with Gasteiger partial charge in [-0.05, 0) is 73.9 Å². The Balaban J connectivity index is 1.19. The third-order valence-corrected chi connectivity index (χ3v) is 10.6. The minimum atomic E-state index is -1.14. The number of nitrogens with zero attached hydrogens (tertiary/aromatic N) is 2. The van der Waals surface area contributed by atoms with Gasteiger partial charge in [0.15, 0.2) is 0 Å². The van der Waals surface area contributed by atoms with Gasteiger partial charge in [0.25, 0.3) is 11.8 Å². The molecule has 6 nitrogen and oxygen atoms in total. The van der Waals surface area contributed by atoms with E-state index in [1.165, 1.54) is 74.5 Å². The minimum absolute atomic E-state index is 0.00778. The van der Waals surface area contributed by atoms with E-state index < -0.39 is 5.60 Å². The van der Waals surface area contributed by atoms with E-state index in [2.05, 4.69) is 49.5 Å². The molecule has 2 aliphatic carbocycles. The van der Waals surface area contributed by atoms with Crippen molar-refractivity contribution >= 4 is 11.8 Å². The van der Waals surface area contributed by atoms with Crippen LogP contribution < -0.4 is 5.32 Å². The number of carbonyl (C=O) groups excluding carboxylic acids is 2. The number of nitrogens with one attached hydrogen (secondary N) is 1. The Morgan fingerprint density at radius 2 is 1.32 bits per heavy atom. The molecule has 2 saturated carbocycles. The zero-order chi connectivity index (χ0) is 28.6. The van der Waals surface area contributed by atoms with Crippen molar-refractivity contribution in [3.8, 4) is 11.1 Å². The van der Waals surface area contributed by atoms with E-state index in [4.69, 9.17) is 0 Å². The molecule has 2 aromatic carbocycles. The lowest BCUT2D eigenvalue weighted by Gasteiger charge is -2.48. The topological polar surface area (TPSA) is 72.9 Å². The Labute approximate surface area is 245 Å². The minimum Gasteiger partial charge on any atom is -0.380 e. The summed E-state index contributed by atoms with van der Waals surface area (Å²) >= 11 is 0. The van der Waals surface area contributed by atoms with Crippen LogP contribution in [-0.4, -0.2) is 64.5 Å². The van der Waals surface area contributed by atoms with Gasteiger partial charge in [0.2, 0.25) is 0 Å². The monoisotopic (exact) mass is 557 g/mol. The highest BCUT2D eigenvalue weighted by molar-refractivity contribution is 5.95. The first kappa shape index (κ1) is 28.4. The molecule has 0 radical (unpaired) electrons. The van der Waals surface area contributed by atoms with Crippen LogP contribution in [0.3, 0.4) is 0 Å². The van der Waals surface area contributed by atoms with Gasteiger partial charge < -0.3 is 20.2 Å². The van der Waals surface area contributed by atoms with E-state index in [9.17, 15) is 14.7 Å². The first-order valence-corrected chi connectivity index (χ1v) is 16.1. The van der Waals surface area contributed by atoms with Crippen molar-refractivity contribution in [3.63, 3.8) is 0 Å². The number of benzene rings is 2. The van der Waals surface area contributed by atoms with Gasteiger partial charge in [-0.2, -0.15) is 0 Å². The van der Waals surface area contributed by atoms with E-state index in [1.54, 1.807) is 4.90 Å². The van der Waals surface area contributed by atoms with Gasteiger partial charge in [-0.3, -0.25) is 9.59 Å². The number of piperazine rings is 1. The maximum atomic E-state index is 13.3. The van der Waals surface area contributed by atoms with E-state index in [-0.39, 0.29) is 17.2 Å². The van der Waals surface area contributed by atoms with Crippen molar-refractivity contribution in [2.45, 2.75) is 108 Å². The summed E-state index contributed by atoms with van der Waals surface area (Å²) in [4.78, 5) is 29.3. The second kappa shape index (κ2) is 11.5. The van der Waals surface area contributed by atoms with Crippen molar-refractivity contribution in [1.29, 1.82) is 0 Å². The standard InChI is InChI=1S/C35H47N3O3/c1-25-30-15-14-29(24-31(30)34(26(2)36-25)16-8-6-4-3-5-7-9-17-34)27-10-12-28(13-11-27)32(39)37-20-22-38(23-21-37)33(40)35(41)18-19-35/h10-15,24-26,36,41H,3-9,16-23H2,1-2H3. The number of hydrogen-bond acceptors (Lipinski definition) is 4. The first-order valence-electron chi connectivity index (χ1n) is 16.1. The summed E-state index contributed by atoms with van der Waals surface area (Å²) in [5.74, 6) is -0.167. The quantitative estimate of drug-likeness (QED) is 0.487. The fourth-order valence-corrected chi connectivity index (χ4v) is 7.72. The number of amides is 2. The van der Waals surface area contributed by atoms with Gasteiger partial charge in [-0.25, -0.2) is 0 Å². The summed E-state index contributed by atoms with van der Waals surface area (Å²) in [5.41, 5.74) is 5.07. The maximum Gasteiger partial charge on any atom is 0.254 e. The molecule has 2 aliphatic heterocycles. The number of hydrogen-bond donors (Lipinski definition) is 2. The Bertz CT molecular complexity index is 1250. The molecule has 2 amide bonds. The predicted molar refractivity (Wildman–Crippen MR) is 163 cm³/mol. The van der Waals surface area contributed by atoms with Crippen molar-refractivity contribution in [1.82, 2.24) is 15.1 Å². The number of carbonyl (C=O) groups is 2. The first-order chi connectivity index (χ1) is 19.8. The Morgan fingerprint density at radius 3 is 1.93 bits per heavy atom. The molecular weight excluding hydrogens is 510 g/mol. The van der Waals surface area contributed by atoms with Crippen LogP contribution in [0, 0.1) is 0 Å². The summed E-state index contributed by atoms with van der Waals surface area (Å²) in [7, 11) is 0. The predicted octanol–water partition coefficient (Wildman–Crippen LogP) is 5.98. The largest absolute Gasteiger partial charge is 0.380 e. The Hall–Kier alpha value is -2.70. The van der Waals surface area contributed by atoms with E-state index in [1.807, 2.05) is 17.0 Å². The second-order valence-electron chi connectivity index (χ2n) is 13.2. The molecule has 220 valence electrons. The van der Waals surface area contributed by atoms with Crippen LogP contribution in [0.2, 0.25) is 0 Å². The lowest BCUT2D eigenvalue weighted by molar-refractivity contribution is -0.143. The summed E-state index contributed by atoms with van der Waals surface area (Å²) in [5, 5.41) is 14.1. The normalized spacial score (nSPS) is 25.8. The number of aliphatic hydroxyl groups is 1. The summed E-state index contributed by atoms with van der Waals surface area (Å²) < 4.78 is 0. The zero-order valence-electron chi connectivity index (χ0n) is 25.0. The van der Waals surface area contributed by atoms with Gasteiger partial charge in [0, 0.05) is 49.2 Å². The van der Waals surface area contributed by atoms with Crippen molar-refractivity contribution in [2.75, 3.05) is 26.2 Å². The van der Waals surface area contributed by atoms with Gasteiger partial charge in [0.05, 0.1) is 0 Å². The summed E-state index contributed by atoms with van der Waals surface area (Å²) in [6, 6.07) is 15.9. The molecule has 2 atom stereocenters. The molecule has 2 aromatic rings. The van der Waals surface area contributed by atoms with Crippen LogP contribution in [0.15, 0.2) is 42.5 Å². The van der Waals surface area contributed by atoms with Crippen LogP contribution in [0.25, 0.3) is 11.1 Å². The molecule has 4 aliphatic rings. The third-order valence-electron chi connectivity index (χ3n) is 10.6. The van der Waals surface area contributed by atoms with Crippen LogP contribution in [0.1, 0.15) is 112 Å². The van der Waals surface area contributed by atoms with Gasteiger partial charge >= 0.3 is 0 Å². The molecule has 2 heterocycles. The Morgan fingerprint density at radius 1 is 0.756 bits per heavy atom. The SMILES string of the molecule is CC1NC(C)C2(CCCCCCCCC2)c2cc(-c3ccc(C(=O)N4CCN(C(=O)C5(O)CC5)CC4)cc3)ccc21. The maximum absolute atomic E-state index is 13.3. The molecular formula is C35H47N3O3. The van der Waals surface area contributed by atoms with Crippen LogP contribution in [-0.2, 0) is 10.2 Å².